The minimum atomic E-state index is 0.514. The van der Waals surface area contributed by atoms with Gasteiger partial charge in [-0.25, -0.2) is 0 Å². The van der Waals surface area contributed by atoms with Gasteiger partial charge >= 0.3 is 0 Å². The molecule has 0 aliphatic carbocycles. The maximum Gasteiger partial charge on any atom is 0.119 e. The summed E-state index contributed by atoms with van der Waals surface area (Å²) in [5.41, 5.74) is 1.90. The van der Waals surface area contributed by atoms with Crippen molar-refractivity contribution < 1.29 is 9.47 Å². The maximum atomic E-state index is 5.66. The number of thiocarbonyl (C=S) groups is 1. The lowest BCUT2D eigenvalue weighted by Gasteiger charge is -2.11. The summed E-state index contributed by atoms with van der Waals surface area (Å²) in [7, 11) is 1.65. The van der Waals surface area contributed by atoms with Crippen molar-refractivity contribution in [3.8, 4) is 11.5 Å². The van der Waals surface area contributed by atoms with E-state index < -0.39 is 0 Å². The molecule has 0 aliphatic rings. The molecule has 0 heterocycles. The van der Waals surface area contributed by atoms with Gasteiger partial charge in [-0.3, -0.25) is 0 Å². The second-order valence-corrected chi connectivity index (χ2v) is 5.82. The molecule has 2 aromatic carbocycles. The van der Waals surface area contributed by atoms with Gasteiger partial charge in [-0.05, 0) is 54.4 Å². The Morgan fingerprint density at radius 3 is 2.14 bits per heavy atom. The van der Waals surface area contributed by atoms with E-state index in [4.69, 9.17) is 21.7 Å². The number of benzene rings is 2. The van der Waals surface area contributed by atoms with E-state index >= 15 is 0 Å². The molecule has 0 aliphatic heterocycles. The second kappa shape index (κ2) is 7.80. The molecule has 0 bridgehead atoms. The van der Waals surface area contributed by atoms with Gasteiger partial charge in [0.05, 0.1) is 13.7 Å². The van der Waals surface area contributed by atoms with Gasteiger partial charge in [-0.2, -0.15) is 0 Å². The summed E-state index contributed by atoms with van der Waals surface area (Å²) in [5, 5.41) is 3.22. The molecule has 2 aromatic rings. The van der Waals surface area contributed by atoms with Crippen molar-refractivity contribution in [1.82, 2.24) is 0 Å². The molecule has 0 spiro atoms. The minimum absolute atomic E-state index is 0.514. The highest BCUT2D eigenvalue weighted by Gasteiger charge is 2.03. The highest BCUT2D eigenvalue weighted by atomic mass is 32.1. The van der Waals surface area contributed by atoms with Crippen LogP contribution in [0.15, 0.2) is 48.5 Å². The Labute approximate surface area is 137 Å². The number of nitrogens with one attached hydrogen (secondary N) is 1. The fourth-order valence-electron chi connectivity index (χ4n) is 1.84. The summed E-state index contributed by atoms with van der Waals surface area (Å²) >= 11 is 5.42. The normalized spacial score (nSPS) is 10.4. The molecule has 4 heteroatoms. The quantitative estimate of drug-likeness (QED) is 0.794. The molecule has 0 unspecified atom stereocenters. The third-order valence-corrected chi connectivity index (χ3v) is 3.39. The monoisotopic (exact) mass is 315 g/mol. The van der Waals surface area contributed by atoms with Crippen LogP contribution >= 0.6 is 12.2 Å². The summed E-state index contributed by atoms with van der Waals surface area (Å²) in [6, 6.07) is 15.5. The fraction of sp³-hybridized carbons (Fsp3) is 0.278. The zero-order valence-electron chi connectivity index (χ0n) is 13.1. The van der Waals surface area contributed by atoms with E-state index in [0.29, 0.717) is 10.9 Å². The van der Waals surface area contributed by atoms with E-state index in [9.17, 15) is 0 Å². The molecule has 0 radical (unpaired) electrons. The van der Waals surface area contributed by atoms with Crippen LogP contribution in [-0.2, 0) is 0 Å². The lowest BCUT2D eigenvalue weighted by Crippen LogP contribution is -2.10. The Bertz CT molecular complexity index is 606. The summed E-state index contributed by atoms with van der Waals surface area (Å²) in [6.45, 7) is 4.98. The third-order valence-electron chi connectivity index (χ3n) is 3.05. The van der Waals surface area contributed by atoms with E-state index in [0.717, 1.165) is 29.4 Å². The first kappa shape index (κ1) is 16.3. The van der Waals surface area contributed by atoms with Crippen LogP contribution in [-0.4, -0.2) is 18.7 Å². The molecule has 3 nitrogen and oxygen atoms in total. The predicted molar refractivity (Wildman–Crippen MR) is 95.1 cm³/mol. The fourth-order valence-corrected chi connectivity index (χ4v) is 2.10. The number of anilines is 1. The van der Waals surface area contributed by atoms with Crippen molar-refractivity contribution in [2.45, 2.75) is 13.8 Å². The number of rotatable bonds is 6. The molecule has 0 fully saturated rings. The molecule has 0 atom stereocenters. The Hall–Kier alpha value is -2.07. The van der Waals surface area contributed by atoms with E-state index in [2.05, 4.69) is 19.2 Å². The molecular formula is C18H21NO2S. The number of hydrogen-bond acceptors (Lipinski definition) is 3. The standard InChI is InChI=1S/C18H21NO2S/c1-13(2)12-21-17-10-6-15(7-11-17)19-18(22)14-4-8-16(20-3)9-5-14/h4-11,13H,12H2,1-3H3,(H,19,22). The topological polar surface area (TPSA) is 30.5 Å². The average Bonchev–Trinajstić information content (AvgIpc) is 2.54. The lowest BCUT2D eigenvalue weighted by atomic mass is 10.2. The molecule has 0 saturated heterocycles. The van der Waals surface area contributed by atoms with Gasteiger partial charge in [0, 0.05) is 11.3 Å². The third kappa shape index (κ3) is 4.74. The molecule has 0 saturated carbocycles. The average molecular weight is 315 g/mol. The van der Waals surface area contributed by atoms with Crippen molar-refractivity contribution >= 4 is 22.9 Å². The van der Waals surface area contributed by atoms with Crippen LogP contribution in [0.3, 0.4) is 0 Å². The van der Waals surface area contributed by atoms with Crippen molar-refractivity contribution in [3.05, 3.63) is 54.1 Å². The molecular weight excluding hydrogens is 294 g/mol. The summed E-state index contributed by atoms with van der Waals surface area (Å²) in [4.78, 5) is 0.679. The molecule has 1 N–H and O–H groups in total. The molecule has 116 valence electrons. The summed E-state index contributed by atoms with van der Waals surface area (Å²) < 4.78 is 10.8. The first-order valence-electron chi connectivity index (χ1n) is 7.26. The maximum absolute atomic E-state index is 5.66. The highest BCUT2D eigenvalue weighted by molar-refractivity contribution is 7.81. The van der Waals surface area contributed by atoms with E-state index in [-0.39, 0.29) is 0 Å². The van der Waals surface area contributed by atoms with Gasteiger partial charge in [-0.15, -0.1) is 0 Å². The predicted octanol–water partition coefficient (Wildman–Crippen LogP) is 4.52. The van der Waals surface area contributed by atoms with Crippen LogP contribution in [0.5, 0.6) is 11.5 Å². The van der Waals surface area contributed by atoms with Crippen LogP contribution in [0.25, 0.3) is 0 Å². The Kier molecular flexibility index (Phi) is 5.78. The van der Waals surface area contributed by atoms with E-state index in [1.165, 1.54) is 0 Å². The van der Waals surface area contributed by atoms with Gasteiger partial charge in [-0.1, -0.05) is 26.1 Å². The SMILES string of the molecule is COc1ccc(C(=S)Nc2ccc(OCC(C)C)cc2)cc1. The van der Waals surface area contributed by atoms with Gasteiger partial charge in [0.2, 0.25) is 0 Å². The summed E-state index contributed by atoms with van der Waals surface area (Å²) in [5.74, 6) is 2.20. The first-order valence-corrected chi connectivity index (χ1v) is 7.67. The van der Waals surface area contributed by atoms with Crippen LogP contribution in [0, 0.1) is 5.92 Å². The number of ether oxygens (including phenoxy) is 2. The zero-order valence-corrected chi connectivity index (χ0v) is 13.9. The number of methoxy groups -OCH3 is 1. The minimum Gasteiger partial charge on any atom is -0.497 e. The van der Waals surface area contributed by atoms with Crippen molar-refractivity contribution in [3.63, 3.8) is 0 Å². The Morgan fingerprint density at radius 2 is 1.59 bits per heavy atom. The molecule has 22 heavy (non-hydrogen) atoms. The van der Waals surface area contributed by atoms with Gasteiger partial charge in [0.25, 0.3) is 0 Å². The highest BCUT2D eigenvalue weighted by Crippen LogP contribution is 2.18. The van der Waals surface area contributed by atoms with Crippen LogP contribution in [0.4, 0.5) is 5.69 Å². The molecule has 0 aromatic heterocycles. The summed E-state index contributed by atoms with van der Waals surface area (Å²) in [6.07, 6.45) is 0. The van der Waals surface area contributed by atoms with Crippen LogP contribution in [0.2, 0.25) is 0 Å². The van der Waals surface area contributed by atoms with E-state index in [1.807, 2.05) is 48.5 Å². The van der Waals surface area contributed by atoms with Gasteiger partial charge in [0.15, 0.2) is 0 Å². The van der Waals surface area contributed by atoms with Crippen molar-refractivity contribution in [1.29, 1.82) is 0 Å². The molecule has 2 rings (SSSR count). The van der Waals surface area contributed by atoms with E-state index in [1.54, 1.807) is 7.11 Å². The zero-order chi connectivity index (χ0) is 15.9. The second-order valence-electron chi connectivity index (χ2n) is 5.41. The molecule has 0 amide bonds. The first-order chi connectivity index (χ1) is 10.6. The van der Waals surface area contributed by atoms with Crippen LogP contribution < -0.4 is 14.8 Å². The van der Waals surface area contributed by atoms with Crippen molar-refractivity contribution in [2.75, 3.05) is 19.0 Å². The van der Waals surface area contributed by atoms with Gasteiger partial charge in [0.1, 0.15) is 16.5 Å². The van der Waals surface area contributed by atoms with Crippen molar-refractivity contribution in [2.24, 2.45) is 5.92 Å². The Morgan fingerprint density at radius 1 is 1.00 bits per heavy atom. The largest absolute Gasteiger partial charge is 0.497 e. The number of hydrogen-bond donors (Lipinski definition) is 1. The lowest BCUT2D eigenvalue weighted by molar-refractivity contribution is 0.271. The Balaban J connectivity index is 1.96. The van der Waals surface area contributed by atoms with Crippen LogP contribution in [0.1, 0.15) is 19.4 Å². The smallest absolute Gasteiger partial charge is 0.119 e. The van der Waals surface area contributed by atoms with Gasteiger partial charge < -0.3 is 14.8 Å².